The maximum Gasteiger partial charge on any atom is 0.310 e. The number of hydrogen-bond acceptors (Lipinski definition) is 3. The molecule has 1 fully saturated rings. The maximum atomic E-state index is 10.7. The summed E-state index contributed by atoms with van der Waals surface area (Å²) >= 11 is 0. The minimum atomic E-state index is -0.307. The van der Waals surface area contributed by atoms with Crippen molar-refractivity contribution in [1.29, 1.82) is 0 Å². The van der Waals surface area contributed by atoms with E-state index in [1.807, 2.05) is 6.92 Å². The highest BCUT2D eigenvalue weighted by Crippen LogP contribution is 2.09. The predicted octanol–water partition coefficient (Wildman–Crippen LogP) is 0.488. The van der Waals surface area contributed by atoms with Crippen LogP contribution < -0.4 is 5.32 Å². The van der Waals surface area contributed by atoms with Gasteiger partial charge in [0.05, 0.1) is 13.0 Å². The summed E-state index contributed by atoms with van der Waals surface area (Å²) in [5.74, 6) is -0.647. The van der Waals surface area contributed by atoms with E-state index in [2.05, 4.69) is 16.6 Å². The Bertz CT molecular complexity index is 201. The van der Waals surface area contributed by atoms with Crippen LogP contribution in [0.5, 0.6) is 0 Å². The number of amides is 1. The lowest BCUT2D eigenvalue weighted by molar-refractivity contribution is -0.145. The molecule has 0 saturated carbocycles. The number of carbonyl (C=O) groups is 2. The standard InChI is InChI=1S/C6H9NO3.C3H6/c1-10-6(9)4-2-5(8)7-3-4;1-3-2/h4H,2-3H2,1H3,(H,7,8);3H,1H2,2H3. The maximum absolute atomic E-state index is 10.7. The molecular weight excluding hydrogens is 170 g/mol. The Labute approximate surface area is 78.0 Å². The van der Waals surface area contributed by atoms with E-state index < -0.39 is 0 Å². The minimum absolute atomic E-state index is 0.0737. The van der Waals surface area contributed by atoms with Crippen LogP contribution in [-0.2, 0) is 14.3 Å². The monoisotopic (exact) mass is 185 g/mol. The first kappa shape index (κ1) is 11.7. The Morgan fingerprint density at radius 2 is 2.31 bits per heavy atom. The van der Waals surface area contributed by atoms with Crippen LogP contribution >= 0.6 is 0 Å². The first-order chi connectivity index (χ1) is 6.15. The molecule has 1 heterocycles. The summed E-state index contributed by atoms with van der Waals surface area (Å²) in [4.78, 5) is 21.3. The highest BCUT2D eigenvalue weighted by molar-refractivity contribution is 5.86. The van der Waals surface area contributed by atoms with Gasteiger partial charge in [0.15, 0.2) is 0 Å². The van der Waals surface area contributed by atoms with Crippen molar-refractivity contribution in [3.63, 3.8) is 0 Å². The third kappa shape index (κ3) is 4.30. The molecule has 0 aromatic heterocycles. The van der Waals surface area contributed by atoms with Gasteiger partial charge >= 0.3 is 5.97 Å². The van der Waals surface area contributed by atoms with E-state index >= 15 is 0 Å². The van der Waals surface area contributed by atoms with Crippen molar-refractivity contribution in [3.05, 3.63) is 12.7 Å². The van der Waals surface area contributed by atoms with Gasteiger partial charge in [0.25, 0.3) is 0 Å². The zero-order valence-electron chi connectivity index (χ0n) is 8.00. The van der Waals surface area contributed by atoms with Gasteiger partial charge in [0.1, 0.15) is 0 Å². The second-order valence-corrected chi connectivity index (χ2v) is 2.64. The van der Waals surface area contributed by atoms with E-state index in [4.69, 9.17) is 0 Å². The Kier molecular flexibility index (Phi) is 5.59. The molecule has 4 heteroatoms. The lowest BCUT2D eigenvalue weighted by Crippen LogP contribution is -2.19. The lowest BCUT2D eigenvalue weighted by Gasteiger charge is -2.01. The van der Waals surface area contributed by atoms with Crippen LogP contribution in [0.25, 0.3) is 0 Å². The van der Waals surface area contributed by atoms with Gasteiger partial charge in [-0.2, -0.15) is 0 Å². The van der Waals surface area contributed by atoms with Crippen LogP contribution in [0, 0.1) is 5.92 Å². The number of ether oxygens (including phenoxy) is 1. The van der Waals surface area contributed by atoms with Crippen LogP contribution in [0.4, 0.5) is 0 Å². The summed E-state index contributed by atoms with van der Waals surface area (Å²) < 4.78 is 4.45. The van der Waals surface area contributed by atoms with Crippen molar-refractivity contribution < 1.29 is 14.3 Å². The third-order valence-corrected chi connectivity index (χ3v) is 1.51. The van der Waals surface area contributed by atoms with Gasteiger partial charge in [0, 0.05) is 13.0 Å². The SMILES string of the molecule is C=CC.COC(=O)C1CNC(=O)C1. The van der Waals surface area contributed by atoms with E-state index in [-0.39, 0.29) is 24.2 Å². The summed E-state index contributed by atoms with van der Waals surface area (Å²) in [6, 6.07) is 0. The molecule has 0 aliphatic carbocycles. The van der Waals surface area contributed by atoms with Crippen LogP contribution in [0.2, 0.25) is 0 Å². The largest absolute Gasteiger partial charge is 0.469 e. The highest BCUT2D eigenvalue weighted by atomic mass is 16.5. The van der Waals surface area contributed by atoms with E-state index in [1.54, 1.807) is 6.08 Å². The molecule has 1 N–H and O–H groups in total. The van der Waals surface area contributed by atoms with Crippen molar-refractivity contribution >= 4 is 11.9 Å². The van der Waals surface area contributed by atoms with E-state index in [0.29, 0.717) is 6.54 Å². The zero-order chi connectivity index (χ0) is 10.3. The van der Waals surface area contributed by atoms with Gasteiger partial charge in [-0.15, -0.1) is 6.58 Å². The molecule has 13 heavy (non-hydrogen) atoms. The van der Waals surface area contributed by atoms with Crippen molar-refractivity contribution in [1.82, 2.24) is 5.32 Å². The highest BCUT2D eigenvalue weighted by Gasteiger charge is 2.28. The third-order valence-electron chi connectivity index (χ3n) is 1.51. The molecule has 1 aliphatic rings. The molecule has 1 aliphatic heterocycles. The molecule has 0 aromatic rings. The van der Waals surface area contributed by atoms with Crippen LogP contribution in [0.15, 0.2) is 12.7 Å². The average Bonchev–Trinajstić information content (AvgIpc) is 2.52. The molecule has 1 unspecified atom stereocenters. The molecule has 74 valence electrons. The second kappa shape index (κ2) is 6.22. The zero-order valence-corrected chi connectivity index (χ0v) is 8.00. The van der Waals surface area contributed by atoms with Gasteiger partial charge < -0.3 is 10.1 Å². The molecule has 0 aromatic carbocycles. The van der Waals surface area contributed by atoms with Crippen LogP contribution in [0.3, 0.4) is 0 Å². The first-order valence-corrected chi connectivity index (χ1v) is 4.07. The summed E-state index contributed by atoms with van der Waals surface area (Å²) in [6.45, 7) is 5.67. The number of methoxy groups -OCH3 is 1. The van der Waals surface area contributed by atoms with Crippen LogP contribution in [-0.4, -0.2) is 25.5 Å². The van der Waals surface area contributed by atoms with Gasteiger partial charge in [-0.3, -0.25) is 9.59 Å². The van der Waals surface area contributed by atoms with Gasteiger partial charge in [0.2, 0.25) is 5.91 Å². The summed E-state index contributed by atoms with van der Waals surface area (Å²) in [5, 5.41) is 2.55. The Morgan fingerprint density at radius 1 is 1.77 bits per heavy atom. The number of carbonyl (C=O) groups excluding carboxylic acids is 2. The summed E-state index contributed by atoms with van der Waals surface area (Å²) in [7, 11) is 1.32. The van der Waals surface area contributed by atoms with Gasteiger partial charge in [-0.1, -0.05) is 6.08 Å². The lowest BCUT2D eigenvalue weighted by atomic mass is 10.1. The Balaban J connectivity index is 0.000000424. The fraction of sp³-hybridized carbons (Fsp3) is 0.556. The second-order valence-electron chi connectivity index (χ2n) is 2.64. The summed E-state index contributed by atoms with van der Waals surface area (Å²) in [6.07, 6.45) is 2.02. The molecule has 1 atom stereocenters. The number of allylic oxidation sites excluding steroid dienone is 1. The molecule has 0 radical (unpaired) electrons. The fourth-order valence-electron chi connectivity index (χ4n) is 0.938. The molecular formula is C9H15NO3. The fourth-order valence-corrected chi connectivity index (χ4v) is 0.938. The van der Waals surface area contributed by atoms with Crippen molar-refractivity contribution in [2.75, 3.05) is 13.7 Å². The smallest absolute Gasteiger partial charge is 0.310 e. The number of esters is 1. The number of rotatable bonds is 1. The molecule has 0 bridgehead atoms. The average molecular weight is 185 g/mol. The molecule has 1 amide bonds. The van der Waals surface area contributed by atoms with Crippen molar-refractivity contribution in [2.24, 2.45) is 5.92 Å². The molecule has 1 saturated heterocycles. The number of nitrogens with one attached hydrogen (secondary N) is 1. The van der Waals surface area contributed by atoms with E-state index in [0.717, 1.165) is 0 Å². The molecule has 0 spiro atoms. The summed E-state index contributed by atoms with van der Waals surface area (Å²) in [5.41, 5.74) is 0. The number of hydrogen-bond donors (Lipinski definition) is 1. The van der Waals surface area contributed by atoms with Gasteiger partial charge in [-0.05, 0) is 6.92 Å². The van der Waals surface area contributed by atoms with E-state index in [9.17, 15) is 9.59 Å². The normalized spacial score (nSPS) is 19.5. The quantitative estimate of drug-likeness (QED) is 0.477. The van der Waals surface area contributed by atoms with Crippen molar-refractivity contribution in [3.8, 4) is 0 Å². The predicted molar refractivity (Wildman–Crippen MR) is 49.0 cm³/mol. The Hall–Kier alpha value is -1.32. The van der Waals surface area contributed by atoms with Crippen molar-refractivity contribution in [2.45, 2.75) is 13.3 Å². The molecule has 4 nitrogen and oxygen atoms in total. The van der Waals surface area contributed by atoms with Crippen LogP contribution in [0.1, 0.15) is 13.3 Å². The topological polar surface area (TPSA) is 55.4 Å². The van der Waals surface area contributed by atoms with E-state index in [1.165, 1.54) is 7.11 Å². The molecule has 1 rings (SSSR count). The Morgan fingerprint density at radius 3 is 2.62 bits per heavy atom. The first-order valence-electron chi connectivity index (χ1n) is 4.07. The minimum Gasteiger partial charge on any atom is -0.469 e. The van der Waals surface area contributed by atoms with Gasteiger partial charge in [-0.25, -0.2) is 0 Å².